The van der Waals surface area contributed by atoms with Gasteiger partial charge in [0.1, 0.15) is 0 Å². The van der Waals surface area contributed by atoms with Crippen LogP contribution in [0.25, 0.3) is 11.3 Å². The molecule has 0 aliphatic carbocycles. The summed E-state index contributed by atoms with van der Waals surface area (Å²) in [4.78, 5) is 4.31. The lowest BCUT2D eigenvalue weighted by Crippen LogP contribution is -1.94. The molecule has 0 amide bonds. The highest BCUT2D eigenvalue weighted by molar-refractivity contribution is 6.46. The maximum atomic E-state index is 8.74. The molecule has 1 aromatic carbocycles. The van der Waals surface area contributed by atoms with Gasteiger partial charge < -0.3 is 0 Å². The Balaban J connectivity index is 2.63. The molecule has 1 aromatic heterocycles. The highest BCUT2D eigenvalue weighted by Crippen LogP contribution is 2.38. The molecule has 0 N–H and O–H groups in total. The number of halogens is 4. The van der Waals surface area contributed by atoms with Gasteiger partial charge in [0.25, 0.3) is 0 Å². The van der Waals surface area contributed by atoms with Crippen LogP contribution in [-0.2, 0) is 6.42 Å². The molecule has 2 aromatic rings. The molecule has 2 rings (SSSR count). The Morgan fingerprint density at radius 1 is 0.947 bits per heavy atom. The van der Waals surface area contributed by atoms with Gasteiger partial charge in [-0.1, -0.05) is 46.4 Å². The van der Waals surface area contributed by atoms with Crippen LogP contribution in [0.4, 0.5) is 0 Å². The lowest BCUT2D eigenvalue weighted by molar-refractivity contribution is 1.12. The first kappa shape index (κ1) is 14.4. The first-order valence-electron chi connectivity index (χ1n) is 5.21. The molecule has 96 valence electrons. The Morgan fingerprint density at radius 3 is 2.26 bits per heavy atom. The molecule has 0 saturated heterocycles. The number of hydrogen-bond acceptors (Lipinski definition) is 2. The molecule has 0 bridgehead atoms. The summed E-state index contributed by atoms with van der Waals surface area (Å²) >= 11 is 24.2. The van der Waals surface area contributed by atoms with Gasteiger partial charge in [-0.05, 0) is 24.3 Å². The summed E-state index contributed by atoms with van der Waals surface area (Å²) in [6.07, 6.45) is 0.114. The predicted octanol–water partition coefficient (Wildman–Crippen LogP) is 5.43. The van der Waals surface area contributed by atoms with Crippen molar-refractivity contribution in [1.29, 1.82) is 5.26 Å². The van der Waals surface area contributed by atoms with Crippen molar-refractivity contribution in [3.05, 3.63) is 50.0 Å². The fraction of sp³-hybridized carbons (Fsp3) is 0.0769. The summed E-state index contributed by atoms with van der Waals surface area (Å²) in [5.41, 5.74) is 1.55. The van der Waals surface area contributed by atoms with Crippen molar-refractivity contribution in [3.63, 3.8) is 0 Å². The molecule has 0 spiro atoms. The molecule has 19 heavy (non-hydrogen) atoms. The van der Waals surface area contributed by atoms with Gasteiger partial charge >= 0.3 is 0 Å². The van der Waals surface area contributed by atoms with Crippen LogP contribution < -0.4 is 0 Å². The van der Waals surface area contributed by atoms with Crippen molar-refractivity contribution in [2.24, 2.45) is 0 Å². The quantitative estimate of drug-likeness (QED) is 0.688. The second-order valence-corrected chi connectivity index (χ2v) is 5.28. The summed E-state index contributed by atoms with van der Waals surface area (Å²) < 4.78 is 0. The maximum absolute atomic E-state index is 8.74. The number of nitriles is 1. The summed E-state index contributed by atoms with van der Waals surface area (Å²) in [5, 5.41) is 10.3. The lowest BCUT2D eigenvalue weighted by atomic mass is 10.1. The summed E-state index contributed by atoms with van der Waals surface area (Å²) in [5.74, 6) is 0. The van der Waals surface area contributed by atoms with E-state index in [0.29, 0.717) is 37.0 Å². The number of aromatic nitrogens is 1. The van der Waals surface area contributed by atoms with Crippen molar-refractivity contribution in [3.8, 4) is 17.3 Å². The average molecular weight is 332 g/mol. The molecule has 0 unspecified atom stereocenters. The summed E-state index contributed by atoms with van der Waals surface area (Å²) in [6.45, 7) is 0. The molecule has 0 fully saturated rings. The molecule has 6 heteroatoms. The molecule has 0 aliphatic heterocycles. The van der Waals surface area contributed by atoms with E-state index in [1.807, 2.05) is 6.07 Å². The number of hydrogen-bond donors (Lipinski definition) is 0. The van der Waals surface area contributed by atoms with Gasteiger partial charge in [-0.2, -0.15) is 5.26 Å². The molecular weight excluding hydrogens is 326 g/mol. The average Bonchev–Trinajstić information content (AvgIpc) is 2.38. The van der Waals surface area contributed by atoms with Gasteiger partial charge in [-0.3, -0.25) is 4.98 Å². The van der Waals surface area contributed by atoms with Crippen molar-refractivity contribution < 1.29 is 0 Å². The molecule has 2 nitrogen and oxygen atoms in total. The molecule has 0 aliphatic rings. The van der Waals surface area contributed by atoms with E-state index in [1.54, 1.807) is 24.3 Å². The largest absolute Gasteiger partial charge is 0.250 e. The standard InChI is InChI=1S/C13H6Cl4N2/c14-7-3-4-11(19-10(7)5-6-18)12-8(15)1-2-9(16)13(12)17/h1-4H,5H2. The monoisotopic (exact) mass is 330 g/mol. The third-order valence-electron chi connectivity index (χ3n) is 2.47. The van der Waals surface area contributed by atoms with Crippen molar-refractivity contribution >= 4 is 46.4 Å². The minimum absolute atomic E-state index is 0.114. The van der Waals surface area contributed by atoms with Crippen LogP contribution in [0.2, 0.25) is 20.1 Å². The smallest absolute Gasteiger partial charge is 0.0790 e. The Labute approximate surface area is 130 Å². The highest BCUT2D eigenvalue weighted by Gasteiger charge is 2.14. The Bertz CT molecular complexity index is 677. The van der Waals surface area contributed by atoms with Gasteiger partial charge in [0.2, 0.25) is 0 Å². The number of nitrogens with zero attached hydrogens (tertiary/aromatic N) is 2. The molecule has 0 saturated carbocycles. The van der Waals surface area contributed by atoms with Gasteiger partial charge in [-0.25, -0.2) is 0 Å². The van der Waals surface area contributed by atoms with E-state index in [9.17, 15) is 0 Å². The van der Waals surface area contributed by atoms with Gasteiger partial charge in [-0.15, -0.1) is 0 Å². The first-order valence-corrected chi connectivity index (χ1v) is 6.72. The van der Waals surface area contributed by atoms with Gasteiger partial charge in [0.15, 0.2) is 0 Å². The van der Waals surface area contributed by atoms with E-state index < -0.39 is 0 Å². The van der Waals surface area contributed by atoms with E-state index >= 15 is 0 Å². The zero-order chi connectivity index (χ0) is 14.0. The van der Waals surface area contributed by atoms with Crippen LogP contribution in [0.3, 0.4) is 0 Å². The third kappa shape index (κ3) is 2.96. The van der Waals surface area contributed by atoms with Gasteiger partial charge in [0.05, 0.1) is 44.0 Å². The predicted molar refractivity (Wildman–Crippen MR) is 79.0 cm³/mol. The number of rotatable bonds is 2. The Morgan fingerprint density at radius 2 is 1.58 bits per heavy atom. The molecule has 1 heterocycles. The van der Waals surface area contributed by atoms with E-state index in [-0.39, 0.29) is 6.42 Å². The van der Waals surface area contributed by atoms with E-state index in [2.05, 4.69) is 4.98 Å². The maximum Gasteiger partial charge on any atom is 0.0790 e. The minimum atomic E-state index is 0.114. The zero-order valence-corrected chi connectivity index (χ0v) is 12.4. The lowest BCUT2D eigenvalue weighted by Gasteiger charge is -2.09. The Kier molecular flexibility index (Phi) is 4.54. The SMILES string of the molecule is N#CCc1nc(-c2c(Cl)ccc(Cl)c2Cl)ccc1Cl. The van der Waals surface area contributed by atoms with Crippen LogP contribution >= 0.6 is 46.4 Å². The minimum Gasteiger partial charge on any atom is -0.250 e. The van der Waals surface area contributed by atoms with Crippen LogP contribution in [0.15, 0.2) is 24.3 Å². The normalized spacial score (nSPS) is 10.3. The molecule has 0 atom stereocenters. The third-order valence-corrected chi connectivity index (χ3v) is 3.93. The van der Waals surface area contributed by atoms with E-state index in [0.717, 1.165) is 0 Å². The molecule has 0 radical (unpaired) electrons. The van der Waals surface area contributed by atoms with Crippen molar-refractivity contribution in [2.75, 3.05) is 0 Å². The van der Waals surface area contributed by atoms with Crippen molar-refractivity contribution in [1.82, 2.24) is 4.98 Å². The van der Waals surface area contributed by atoms with E-state index in [1.165, 1.54) is 0 Å². The van der Waals surface area contributed by atoms with Crippen LogP contribution in [-0.4, -0.2) is 4.98 Å². The second kappa shape index (κ2) is 5.98. The summed E-state index contributed by atoms with van der Waals surface area (Å²) in [6, 6.07) is 8.61. The highest BCUT2D eigenvalue weighted by atomic mass is 35.5. The van der Waals surface area contributed by atoms with E-state index in [4.69, 9.17) is 51.7 Å². The van der Waals surface area contributed by atoms with Gasteiger partial charge in [0, 0.05) is 5.56 Å². The fourth-order valence-corrected chi connectivity index (χ4v) is 2.48. The first-order chi connectivity index (χ1) is 9.04. The number of benzene rings is 1. The molecular formula is C13H6Cl4N2. The van der Waals surface area contributed by atoms with Crippen LogP contribution in [0.5, 0.6) is 0 Å². The van der Waals surface area contributed by atoms with Crippen molar-refractivity contribution in [2.45, 2.75) is 6.42 Å². The fourth-order valence-electron chi connectivity index (χ4n) is 1.58. The van der Waals surface area contributed by atoms with Crippen LogP contribution in [0.1, 0.15) is 5.69 Å². The topological polar surface area (TPSA) is 36.7 Å². The summed E-state index contributed by atoms with van der Waals surface area (Å²) in [7, 11) is 0. The van der Waals surface area contributed by atoms with Crippen LogP contribution in [0, 0.1) is 11.3 Å². The Hall–Kier alpha value is -0.980. The zero-order valence-electron chi connectivity index (χ0n) is 9.42. The second-order valence-electron chi connectivity index (χ2n) is 3.68. The number of pyridine rings is 1.